The third-order valence-electron chi connectivity index (χ3n) is 4.94. The lowest BCUT2D eigenvalue weighted by Gasteiger charge is -2.16. The summed E-state index contributed by atoms with van der Waals surface area (Å²) >= 11 is 0. The lowest BCUT2D eigenvalue weighted by molar-refractivity contribution is -0.136. The molecule has 0 unspecified atom stereocenters. The van der Waals surface area contributed by atoms with E-state index < -0.39 is 18.6 Å². The second-order valence-corrected chi connectivity index (χ2v) is 7.35. The van der Waals surface area contributed by atoms with Crippen LogP contribution in [0.3, 0.4) is 0 Å². The third-order valence-corrected chi connectivity index (χ3v) is 4.94. The van der Waals surface area contributed by atoms with Gasteiger partial charge in [-0.1, -0.05) is 6.58 Å². The summed E-state index contributed by atoms with van der Waals surface area (Å²) in [6, 6.07) is 1.33. The molecular formula is C20H19F3N8O2. The third kappa shape index (κ3) is 5.07. The first-order chi connectivity index (χ1) is 15.7. The van der Waals surface area contributed by atoms with Crippen molar-refractivity contribution in [2.75, 3.05) is 25.0 Å². The number of amides is 2. The molecule has 3 N–H and O–H groups in total. The van der Waals surface area contributed by atoms with Crippen LogP contribution >= 0.6 is 0 Å². The van der Waals surface area contributed by atoms with E-state index in [1.165, 1.54) is 12.4 Å². The number of halogens is 3. The van der Waals surface area contributed by atoms with E-state index in [-0.39, 0.29) is 28.9 Å². The van der Waals surface area contributed by atoms with Crippen molar-refractivity contribution in [1.82, 2.24) is 35.1 Å². The Kier molecular flexibility index (Phi) is 5.94. The number of H-pyrrole nitrogens is 1. The predicted octanol–water partition coefficient (Wildman–Crippen LogP) is 2.25. The molecular weight excluding hydrogens is 441 g/mol. The van der Waals surface area contributed by atoms with Crippen LogP contribution in [0, 0.1) is 0 Å². The summed E-state index contributed by atoms with van der Waals surface area (Å²) in [7, 11) is 0. The van der Waals surface area contributed by atoms with Gasteiger partial charge in [0.25, 0.3) is 11.8 Å². The lowest BCUT2D eigenvalue weighted by atomic mass is 10.2. The van der Waals surface area contributed by atoms with Gasteiger partial charge < -0.3 is 20.5 Å². The minimum absolute atomic E-state index is 0.0286. The Hall–Kier alpha value is -4.03. The summed E-state index contributed by atoms with van der Waals surface area (Å²) in [5.41, 5.74) is 0.743. The molecule has 1 saturated heterocycles. The van der Waals surface area contributed by atoms with Crippen molar-refractivity contribution < 1.29 is 22.8 Å². The predicted molar refractivity (Wildman–Crippen MR) is 112 cm³/mol. The lowest BCUT2D eigenvalue weighted by Crippen LogP contribution is -2.36. The molecule has 3 aromatic heterocycles. The summed E-state index contributed by atoms with van der Waals surface area (Å²) < 4.78 is 37.2. The molecule has 13 heteroatoms. The first-order valence-corrected chi connectivity index (χ1v) is 9.98. The van der Waals surface area contributed by atoms with Gasteiger partial charge in [-0.25, -0.2) is 19.9 Å². The average Bonchev–Trinajstić information content (AvgIpc) is 3.46. The zero-order chi connectivity index (χ0) is 23.6. The monoisotopic (exact) mass is 460 g/mol. The van der Waals surface area contributed by atoms with Crippen LogP contribution in [0.15, 0.2) is 37.1 Å². The van der Waals surface area contributed by atoms with E-state index in [9.17, 15) is 22.8 Å². The Morgan fingerprint density at radius 2 is 1.97 bits per heavy atom. The van der Waals surface area contributed by atoms with Crippen molar-refractivity contribution >= 4 is 28.7 Å². The van der Waals surface area contributed by atoms with Crippen molar-refractivity contribution in [2.24, 2.45) is 0 Å². The maximum atomic E-state index is 13.0. The van der Waals surface area contributed by atoms with Gasteiger partial charge in [-0.3, -0.25) is 9.59 Å². The summed E-state index contributed by atoms with van der Waals surface area (Å²) in [4.78, 5) is 46.4. The first-order valence-electron chi connectivity index (χ1n) is 9.98. The van der Waals surface area contributed by atoms with Crippen molar-refractivity contribution in [3.8, 4) is 11.4 Å². The number of fused-ring (bicyclic) bond motifs is 1. The number of carbonyl (C=O) groups is 2. The molecule has 1 fully saturated rings. The van der Waals surface area contributed by atoms with Crippen LogP contribution < -0.4 is 10.6 Å². The highest BCUT2D eigenvalue weighted by molar-refractivity contribution is 5.97. The fourth-order valence-corrected chi connectivity index (χ4v) is 3.37. The SMILES string of the molecule is C=C(Nc1cc(C(=O)N2CCCC2)nc(-c2c[nH]c3ncncc23)n1)C(=O)NCC(F)(F)F. The van der Waals surface area contributed by atoms with Crippen LogP contribution in [-0.2, 0) is 4.79 Å². The molecule has 0 spiro atoms. The number of nitrogens with zero attached hydrogens (tertiary/aromatic N) is 5. The topological polar surface area (TPSA) is 129 Å². The van der Waals surface area contributed by atoms with Crippen LogP contribution in [0.25, 0.3) is 22.4 Å². The number of aromatic amines is 1. The standard InChI is InChI=1S/C20H19F3N8O2/c1-11(18(32)26-9-20(21,22)23)28-15-6-14(19(33)31-4-2-3-5-31)29-17(30-15)13-8-25-16-12(13)7-24-10-27-16/h6-8,10H,1-5,9H2,(H,26,32)(H,24,25,27)(H,28,29,30). The van der Waals surface area contributed by atoms with E-state index >= 15 is 0 Å². The van der Waals surface area contributed by atoms with Crippen LogP contribution in [0.5, 0.6) is 0 Å². The normalized spacial score (nSPS) is 13.8. The van der Waals surface area contributed by atoms with Crippen molar-refractivity contribution in [2.45, 2.75) is 19.0 Å². The number of rotatable bonds is 6. The molecule has 172 valence electrons. The van der Waals surface area contributed by atoms with Crippen LogP contribution in [0.1, 0.15) is 23.3 Å². The molecule has 0 radical (unpaired) electrons. The molecule has 3 aromatic rings. The first kappa shape index (κ1) is 22.2. The number of likely N-dealkylation sites (tertiary alicyclic amines) is 1. The summed E-state index contributed by atoms with van der Waals surface area (Å²) in [6.45, 7) is 3.15. The van der Waals surface area contributed by atoms with E-state index in [2.05, 4.69) is 36.8 Å². The summed E-state index contributed by atoms with van der Waals surface area (Å²) in [5, 5.41) is 4.91. The van der Waals surface area contributed by atoms with E-state index in [0.29, 0.717) is 29.7 Å². The zero-order valence-corrected chi connectivity index (χ0v) is 17.2. The van der Waals surface area contributed by atoms with E-state index in [1.807, 2.05) is 0 Å². The van der Waals surface area contributed by atoms with Crippen molar-refractivity contribution in [3.63, 3.8) is 0 Å². The Balaban J connectivity index is 1.66. The van der Waals surface area contributed by atoms with Gasteiger partial charge >= 0.3 is 6.18 Å². The second kappa shape index (κ2) is 8.84. The summed E-state index contributed by atoms with van der Waals surface area (Å²) in [5.74, 6) is -1.20. The van der Waals surface area contributed by atoms with Gasteiger partial charge in [0.2, 0.25) is 0 Å². The number of aromatic nitrogens is 5. The number of nitrogens with one attached hydrogen (secondary N) is 3. The minimum Gasteiger partial charge on any atom is -0.345 e. The smallest absolute Gasteiger partial charge is 0.345 e. The van der Waals surface area contributed by atoms with Gasteiger partial charge in [-0.2, -0.15) is 13.2 Å². The van der Waals surface area contributed by atoms with Gasteiger partial charge in [-0.05, 0) is 12.8 Å². The fourth-order valence-electron chi connectivity index (χ4n) is 3.37. The van der Waals surface area contributed by atoms with Crippen molar-refractivity contribution in [3.05, 3.63) is 42.8 Å². The number of anilines is 1. The molecule has 1 aliphatic heterocycles. The Morgan fingerprint density at radius 1 is 1.21 bits per heavy atom. The highest BCUT2D eigenvalue weighted by Gasteiger charge is 2.28. The molecule has 33 heavy (non-hydrogen) atoms. The molecule has 0 bridgehead atoms. The molecule has 0 aromatic carbocycles. The highest BCUT2D eigenvalue weighted by atomic mass is 19.4. The van der Waals surface area contributed by atoms with Gasteiger partial charge in [0.15, 0.2) is 5.82 Å². The largest absolute Gasteiger partial charge is 0.405 e. The quantitative estimate of drug-likeness (QED) is 0.481. The molecule has 4 heterocycles. The molecule has 1 aliphatic rings. The Morgan fingerprint density at radius 3 is 2.70 bits per heavy atom. The zero-order valence-electron chi connectivity index (χ0n) is 17.2. The van der Waals surface area contributed by atoms with E-state index in [4.69, 9.17) is 0 Å². The molecule has 4 rings (SSSR count). The maximum Gasteiger partial charge on any atom is 0.405 e. The van der Waals surface area contributed by atoms with Crippen LogP contribution in [-0.4, -0.2) is 67.4 Å². The molecule has 10 nitrogen and oxygen atoms in total. The molecule has 2 amide bonds. The Bertz CT molecular complexity index is 1220. The average molecular weight is 460 g/mol. The number of hydrogen-bond acceptors (Lipinski definition) is 7. The number of alkyl halides is 3. The number of hydrogen-bond donors (Lipinski definition) is 3. The maximum absolute atomic E-state index is 13.0. The molecule has 0 saturated carbocycles. The van der Waals surface area contributed by atoms with Crippen LogP contribution in [0.4, 0.5) is 19.0 Å². The highest BCUT2D eigenvalue weighted by Crippen LogP contribution is 2.26. The van der Waals surface area contributed by atoms with Crippen LogP contribution in [0.2, 0.25) is 0 Å². The number of carbonyl (C=O) groups excluding carboxylic acids is 2. The van der Waals surface area contributed by atoms with E-state index in [1.54, 1.807) is 22.6 Å². The summed E-state index contributed by atoms with van der Waals surface area (Å²) in [6.07, 6.45) is 1.73. The van der Waals surface area contributed by atoms with E-state index in [0.717, 1.165) is 12.8 Å². The Labute approximate surface area is 185 Å². The molecule has 0 aliphatic carbocycles. The van der Waals surface area contributed by atoms with Gasteiger partial charge in [0.1, 0.15) is 30.0 Å². The fraction of sp³-hybridized carbons (Fsp3) is 0.300. The van der Waals surface area contributed by atoms with Gasteiger partial charge in [0.05, 0.1) is 5.70 Å². The van der Waals surface area contributed by atoms with Gasteiger partial charge in [-0.15, -0.1) is 0 Å². The molecule has 0 atom stereocenters. The minimum atomic E-state index is -4.56. The second-order valence-electron chi connectivity index (χ2n) is 7.35. The van der Waals surface area contributed by atoms with Crippen molar-refractivity contribution in [1.29, 1.82) is 0 Å². The van der Waals surface area contributed by atoms with Gasteiger partial charge in [0, 0.05) is 42.5 Å².